The number of H-pyrrole nitrogens is 1. The standard InChI is InChI=1S/C64H78N12O12S/c1-39(2)87-54-8-6-5-7-46(54)53-35-71(34-41-27-55(82-4)60(66-33-41)73-22-26-85-36-40(73)3)20-21-74(53)45-31-64(32-45)15-18-72(19-16-64)44-9-10-47(50(29-44)75-49-14-25-84-38-56(49)88-62-52(75)28-43-11-17-65-59(43)69-62)61(77)70-89(80,81)57-30-51(76(78)79)58-63(68-57)86-37-48(67-58)42-12-23-83-24-13-42/h5-11,17,27-30,33,39-40,42,45,48-49,53,56,67H,12-16,18-26,31-32,34-38H2,1-4H3,(H,65,69)(H,70,77)/t40-,48+,49+,53-,56+/m1/s1. The minimum absolute atomic E-state index is 0.00573. The number of fused-ring (bicyclic) bond motifs is 4. The number of para-hydroxylation sites is 1. The zero-order valence-electron chi connectivity index (χ0n) is 50.8. The molecule has 6 aromatic rings. The topological polar surface area (TPSA) is 254 Å². The van der Waals surface area contributed by atoms with E-state index in [0.717, 1.165) is 124 Å². The fourth-order valence-electron chi connectivity index (χ4n) is 14.9. The Morgan fingerprint density at radius 1 is 0.888 bits per heavy atom. The Labute approximate surface area is 517 Å². The van der Waals surface area contributed by atoms with E-state index in [9.17, 15) is 23.3 Å². The predicted octanol–water partition coefficient (Wildman–Crippen LogP) is 8.00. The molecule has 8 aliphatic rings. The molecule has 7 aliphatic heterocycles. The maximum absolute atomic E-state index is 15.0. The van der Waals surface area contributed by atoms with Gasteiger partial charge < -0.3 is 58.2 Å². The van der Waals surface area contributed by atoms with Gasteiger partial charge in [0.25, 0.3) is 15.9 Å². The Morgan fingerprint density at radius 2 is 1.70 bits per heavy atom. The van der Waals surface area contributed by atoms with Crippen LogP contribution in [0.4, 0.5) is 34.3 Å². The van der Waals surface area contributed by atoms with Crippen LogP contribution in [0.15, 0.2) is 84.1 Å². The lowest BCUT2D eigenvalue weighted by atomic mass is 9.59. The van der Waals surface area contributed by atoms with Crippen molar-refractivity contribution in [3.05, 3.63) is 106 Å². The van der Waals surface area contributed by atoms with E-state index in [1.165, 1.54) is 5.56 Å². The summed E-state index contributed by atoms with van der Waals surface area (Å²) in [6, 6.07) is 21.1. The van der Waals surface area contributed by atoms with Gasteiger partial charge in [-0.05, 0) is 125 Å². The van der Waals surface area contributed by atoms with Gasteiger partial charge in [-0.2, -0.15) is 18.4 Å². The molecule has 14 rings (SSSR count). The molecule has 0 unspecified atom stereocenters. The molecule has 0 radical (unpaired) electrons. The summed E-state index contributed by atoms with van der Waals surface area (Å²) in [7, 11) is -3.12. The molecule has 1 spiro atoms. The number of hydrogen-bond donors (Lipinski definition) is 3. The van der Waals surface area contributed by atoms with Crippen molar-refractivity contribution in [1.82, 2.24) is 34.5 Å². The molecule has 472 valence electrons. The molecule has 6 fully saturated rings. The first-order chi connectivity index (χ1) is 43.2. The zero-order valence-corrected chi connectivity index (χ0v) is 51.6. The van der Waals surface area contributed by atoms with Gasteiger partial charge in [-0.3, -0.25) is 24.7 Å². The molecule has 3 N–H and O–H groups in total. The van der Waals surface area contributed by atoms with Gasteiger partial charge in [0.05, 0.1) is 79.4 Å². The van der Waals surface area contributed by atoms with E-state index in [0.29, 0.717) is 68.4 Å². The van der Waals surface area contributed by atoms with Crippen molar-refractivity contribution in [3.63, 3.8) is 0 Å². The number of methoxy groups -OCH3 is 1. The van der Waals surface area contributed by atoms with Crippen molar-refractivity contribution < 1.29 is 51.3 Å². The molecule has 25 heteroatoms. The molecule has 89 heavy (non-hydrogen) atoms. The van der Waals surface area contributed by atoms with Crippen LogP contribution in [0.25, 0.3) is 11.0 Å². The molecule has 24 nitrogen and oxygen atoms in total. The summed E-state index contributed by atoms with van der Waals surface area (Å²) >= 11 is 0. The quantitative estimate of drug-likeness (QED) is 0.0650. The molecule has 5 saturated heterocycles. The summed E-state index contributed by atoms with van der Waals surface area (Å²) < 4.78 is 73.4. The number of anilines is 5. The number of piperidine rings is 1. The predicted molar refractivity (Wildman–Crippen MR) is 333 cm³/mol. The summed E-state index contributed by atoms with van der Waals surface area (Å²) in [6.45, 7) is 15.3. The van der Waals surface area contributed by atoms with Gasteiger partial charge in [0.1, 0.15) is 29.8 Å². The molecule has 0 bridgehead atoms. The Balaban J connectivity index is 0.720. The number of sulfonamides is 1. The molecule has 5 atom stereocenters. The number of rotatable bonds is 15. The lowest BCUT2D eigenvalue weighted by Crippen LogP contribution is -2.59. The van der Waals surface area contributed by atoms with Crippen LogP contribution in [0.1, 0.15) is 93.2 Å². The van der Waals surface area contributed by atoms with Crippen LogP contribution in [-0.2, 0) is 30.8 Å². The minimum Gasteiger partial charge on any atom is -0.493 e. The van der Waals surface area contributed by atoms with Crippen LogP contribution in [-0.4, -0.2) is 178 Å². The largest absolute Gasteiger partial charge is 0.493 e. The number of aromatic nitrogens is 4. The highest BCUT2D eigenvalue weighted by atomic mass is 32.2. The number of carbonyl (C=O) groups excluding carboxylic acids is 1. The summed E-state index contributed by atoms with van der Waals surface area (Å²) in [5.74, 6) is 1.85. The Morgan fingerprint density at radius 3 is 2.49 bits per heavy atom. The van der Waals surface area contributed by atoms with Crippen molar-refractivity contribution in [1.29, 1.82) is 0 Å². The highest BCUT2D eigenvalue weighted by Gasteiger charge is 2.51. The van der Waals surface area contributed by atoms with Gasteiger partial charge in [-0.25, -0.2) is 9.71 Å². The Bertz CT molecular complexity index is 3740. The van der Waals surface area contributed by atoms with Crippen LogP contribution in [0.3, 0.4) is 0 Å². The number of nitrogens with zero attached hydrogens (tertiary/aromatic N) is 9. The molecular weight excluding hydrogens is 1160 g/mol. The maximum Gasteiger partial charge on any atom is 0.300 e. The molecule has 1 saturated carbocycles. The van der Waals surface area contributed by atoms with Gasteiger partial charge >= 0.3 is 5.69 Å². The number of benzene rings is 2. The second kappa shape index (κ2) is 24.3. The third-order valence-corrected chi connectivity index (χ3v) is 20.8. The van der Waals surface area contributed by atoms with Crippen molar-refractivity contribution >= 4 is 61.2 Å². The first-order valence-corrected chi connectivity index (χ1v) is 32.9. The van der Waals surface area contributed by atoms with Crippen molar-refractivity contribution in [2.45, 2.75) is 120 Å². The minimum atomic E-state index is -4.84. The Kier molecular flexibility index (Phi) is 16.2. The van der Waals surface area contributed by atoms with E-state index >= 15 is 0 Å². The summed E-state index contributed by atoms with van der Waals surface area (Å²) in [5.41, 5.74) is 4.56. The maximum atomic E-state index is 15.0. The van der Waals surface area contributed by atoms with E-state index < -0.39 is 37.7 Å². The summed E-state index contributed by atoms with van der Waals surface area (Å²) in [5, 5.41) is 15.9. The van der Waals surface area contributed by atoms with Crippen LogP contribution in [0.2, 0.25) is 0 Å². The Hall–Kier alpha value is -7.55. The third-order valence-electron chi connectivity index (χ3n) is 19.6. The smallest absolute Gasteiger partial charge is 0.300 e. The number of carbonyl (C=O) groups is 1. The van der Waals surface area contributed by atoms with E-state index in [4.69, 9.17) is 43.1 Å². The van der Waals surface area contributed by atoms with Gasteiger partial charge in [-0.1, -0.05) is 18.2 Å². The van der Waals surface area contributed by atoms with Gasteiger partial charge in [-0.15, -0.1) is 0 Å². The van der Waals surface area contributed by atoms with E-state index in [1.807, 2.05) is 30.5 Å². The highest BCUT2D eigenvalue weighted by Crippen LogP contribution is 2.54. The second-order valence-electron chi connectivity index (χ2n) is 25.5. The number of nitrogens with one attached hydrogen (secondary N) is 3. The van der Waals surface area contributed by atoms with Gasteiger partial charge in [0, 0.05) is 101 Å². The number of ether oxygens (including phenoxy) is 7. The van der Waals surface area contributed by atoms with E-state index in [2.05, 4.69) is 95.6 Å². The van der Waals surface area contributed by atoms with Crippen LogP contribution in [0.5, 0.6) is 23.3 Å². The van der Waals surface area contributed by atoms with E-state index in [-0.39, 0.29) is 71.9 Å². The second-order valence-corrected chi connectivity index (χ2v) is 27.1. The normalized spacial score (nSPS) is 24.2. The number of morpholine rings is 1. The number of amides is 1. The van der Waals surface area contributed by atoms with E-state index in [1.54, 1.807) is 19.4 Å². The van der Waals surface area contributed by atoms with Crippen LogP contribution < -0.4 is 43.7 Å². The fraction of sp³-hybridized carbons (Fsp3) is 0.531. The van der Waals surface area contributed by atoms with Crippen LogP contribution in [0, 0.1) is 21.4 Å². The molecular formula is C64H78N12O12S. The lowest BCUT2D eigenvalue weighted by Gasteiger charge is -2.58. The van der Waals surface area contributed by atoms with Crippen molar-refractivity contribution in [2.24, 2.45) is 11.3 Å². The van der Waals surface area contributed by atoms with Crippen molar-refractivity contribution in [2.75, 3.05) is 113 Å². The van der Waals surface area contributed by atoms with Crippen LogP contribution >= 0.6 is 0 Å². The van der Waals surface area contributed by atoms with Gasteiger partial charge in [0.2, 0.25) is 11.8 Å². The molecule has 4 aromatic heterocycles. The average Bonchev–Trinajstić information content (AvgIpc) is 1.41. The molecule has 1 amide bonds. The first kappa shape index (κ1) is 59.1. The zero-order chi connectivity index (χ0) is 61.1. The summed E-state index contributed by atoms with van der Waals surface area (Å²) in [4.78, 5) is 56.2. The molecule has 11 heterocycles. The number of hydrogen-bond acceptors (Lipinski definition) is 21. The summed E-state index contributed by atoms with van der Waals surface area (Å²) in [6.07, 6.45) is 9.47. The average molecular weight is 1240 g/mol. The van der Waals surface area contributed by atoms with Crippen molar-refractivity contribution in [3.8, 4) is 23.3 Å². The SMILES string of the molecule is COc1cc(CN2CCN(C3CC4(CCN(c5ccc(C(=O)NS(=O)(=O)c6cc([N+](=O)[O-])c7c(n6)OC[C@@H](C6CCOCC6)N7)c(N6c7cc8cc[nH]c8nc7O[C@H]7COCC[C@@H]76)c5)CC4)C3)[C@@H](c3ccccc3OC(C)C)C2)cnc1N1CCOC[C@H]1C. The lowest BCUT2D eigenvalue weighted by molar-refractivity contribution is -0.384. The number of pyridine rings is 3. The number of aromatic amines is 1. The third kappa shape index (κ3) is 11.6. The monoisotopic (exact) mass is 1240 g/mol. The fourth-order valence-corrected chi connectivity index (χ4v) is 15.9. The molecule has 2 aromatic carbocycles. The first-order valence-electron chi connectivity index (χ1n) is 31.4. The van der Waals surface area contributed by atoms with Gasteiger partial charge in [0.15, 0.2) is 22.3 Å². The number of piperazine rings is 1. The number of nitro groups is 1. The molecule has 1 aliphatic carbocycles. The highest BCUT2D eigenvalue weighted by molar-refractivity contribution is 7.90.